The molecule has 1 heterocycles. The molecule has 0 unspecified atom stereocenters. The van der Waals surface area contributed by atoms with Crippen LogP contribution in [0.15, 0.2) is 24.3 Å². The molecule has 1 atom stereocenters. The monoisotopic (exact) mass is 374 g/mol. The predicted octanol–water partition coefficient (Wildman–Crippen LogP) is 3.52. The highest BCUT2D eigenvalue weighted by atomic mass is 32.1. The van der Waals surface area contributed by atoms with E-state index in [-0.39, 0.29) is 6.04 Å². The summed E-state index contributed by atoms with van der Waals surface area (Å²) in [6.07, 6.45) is 2.97. The lowest BCUT2D eigenvalue weighted by Gasteiger charge is -2.15. The van der Waals surface area contributed by atoms with Gasteiger partial charge in [0, 0.05) is 10.7 Å². The smallest absolute Gasteiger partial charge is 0.349 e. The lowest BCUT2D eigenvalue weighted by molar-refractivity contribution is -0.127. The van der Waals surface area contributed by atoms with Crippen molar-refractivity contribution in [2.45, 2.75) is 51.7 Å². The Labute approximate surface area is 155 Å². The number of hydrogen-bond acceptors (Lipinski definition) is 5. The molecule has 3 rings (SSSR count). The average Bonchev–Trinajstić information content (AvgIpc) is 3.23. The first-order chi connectivity index (χ1) is 12.5. The van der Waals surface area contributed by atoms with Gasteiger partial charge in [0.2, 0.25) is 0 Å². The maximum Gasteiger partial charge on any atom is 0.349 e. The number of benzene rings is 1. The molecular weight excluding hydrogens is 352 g/mol. The van der Waals surface area contributed by atoms with Gasteiger partial charge in [0.25, 0.3) is 5.91 Å². The Morgan fingerprint density at radius 1 is 1.19 bits per heavy atom. The molecule has 2 N–H and O–H groups in total. The molecule has 0 saturated heterocycles. The molecule has 26 heavy (non-hydrogen) atoms. The zero-order chi connectivity index (χ0) is 18.7. The lowest BCUT2D eigenvalue weighted by Crippen LogP contribution is -2.47. The SMILES string of the molecule is Cc1c(C(=O)O[C@@H](C)C(=O)NC(=O)NC2CCCC2)sc2ccccc12. The standard InChI is InChI=1S/C19H22N2O4S/c1-11-14-9-5-6-10-15(14)26-16(11)18(23)25-12(2)17(22)21-19(24)20-13-7-3-4-8-13/h5-6,9-10,12-13H,3-4,7-8H2,1-2H3,(H2,20,21,22,24)/t12-/m0/s1. The average molecular weight is 374 g/mol. The molecular formula is C19H22N2O4S. The van der Waals surface area contributed by atoms with E-state index in [1.807, 2.05) is 31.2 Å². The molecule has 0 bridgehead atoms. The van der Waals surface area contributed by atoms with Crippen molar-refractivity contribution in [3.63, 3.8) is 0 Å². The second-order valence-electron chi connectivity index (χ2n) is 6.54. The maximum atomic E-state index is 12.4. The number of fused-ring (bicyclic) bond motifs is 1. The zero-order valence-corrected chi connectivity index (χ0v) is 15.7. The van der Waals surface area contributed by atoms with Gasteiger partial charge in [0.1, 0.15) is 4.88 Å². The van der Waals surface area contributed by atoms with Crippen LogP contribution in [-0.2, 0) is 9.53 Å². The Balaban J connectivity index is 1.58. The summed E-state index contributed by atoms with van der Waals surface area (Å²) >= 11 is 1.34. The van der Waals surface area contributed by atoms with E-state index in [1.54, 1.807) is 0 Å². The van der Waals surface area contributed by atoms with Crippen molar-refractivity contribution >= 4 is 39.3 Å². The number of amides is 3. The summed E-state index contributed by atoms with van der Waals surface area (Å²) < 4.78 is 6.25. The van der Waals surface area contributed by atoms with Gasteiger partial charge in [-0.15, -0.1) is 11.3 Å². The van der Waals surface area contributed by atoms with Crippen LogP contribution < -0.4 is 10.6 Å². The van der Waals surface area contributed by atoms with E-state index >= 15 is 0 Å². The number of esters is 1. The van der Waals surface area contributed by atoms with Crippen LogP contribution in [0.5, 0.6) is 0 Å². The third kappa shape index (κ3) is 4.04. The van der Waals surface area contributed by atoms with Gasteiger partial charge in [0.15, 0.2) is 6.10 Å². The number of thiophene rings is 1. The van der Waals surface area contributed by atoms with Gasteiger partial charge < -0.3 is 10.1 Å². The molecule has 2 aromatic rings. The van der Waals surface area contributed by atoms with E-state index < -0.39 is 24.0 Å². The number of hydrogen-bond donors (Lipinski definition) is 2. The topological polar surface area (TPSA) is 84.5 Å². The summed E-state index contributed by atoms with van der Waals surface area (Å²) in [5, 5.41) is 6.01. The fraction of sp³-hybridized carbons (Fsp3) is 0.421. The van der Waals surface area contributed by atoms with Crippen LogP contribution in [-0.4, -0.2) is 30.1 Å². The normalized spacial score (nSPS) is 15.6. The first kappa shape index (κ1) is 18.4. The highest BCUT2D eigenvalue weighted by Gasteiger charge is 2.25. The number of aryl methyl sites for hydroxylation is 1. The second kappa shape index (κ2) is 7.86. The highest BCUT2D eigenvalue weighted by Crippen LogP contribution is 2.31. The summed E-state index contributed by atoms with van der Waals surface area (Å²) in [7, 11) is 0. The van der Waals surface area contributed by atoms with Crippen molar-refractivity contribution < 1.29 is 19.1 Å². The zero-order valence-electron chi connectivity index (χ0n) is 14.8. The molecule has 1 aliphatic rings. The van der Waals surface area contributed by atoms with Crippen LogP contribution in [0.25, 0.3) is 10.1 Å². The quantitative estimate of drug-likeness (QED) is 0.802. The fourth-order valence-electron chi connectivity index (χ4n) is 3.14. The van der Waals surface area contributed by atoms with Gasteiger partial charge >= 0.3 is 12.0 Å². The number of nitrogens with one attached hydrogen (secondary N) is 2. The third-order valence-electron chi connectivity index (χ3n) is 4.61. The van der Waals surface area contributed by atoms with Crippen LogP contribution in [0, 0.1) is 6.92 Å². The van der Waals surface area contributed by atoms with E-state index in [0.29, 0.717) is 4.88 Å². The number of carbonyl (C=O) groups is 3. The van der Waals surface area contributed by atoms with E-state index in [9.17, 15) is 14.4 Å². The maximum absolute atomic E-state index is 12.4. The number of ether oxygens (including phenoxy) is 1. The van der Waals surface area contributed by atoms with E-state index in [0.717, 1.165) is 41.3 Å². The van der Waals surface area contributed by atoms with Crippen molar-refractivity contribution in [1.29, 1.82) is 0 Å². The molecule has 7 heteroatoms. The second-order valence-corrected chi connectivity index (χ2v) is 7.60. The van der Waals surface area contributed by atoms with Crippen molar-refractivity contribution in [2.75, 3.05) is 0 Å². The number of imide groups is 1. The van der Waals surface area contributed by atoms with Gasteiger partial charge in [-0.2, -0.15) is 0 Å². The van der Waals surface area contributed by atoms with Gasteiger partial charge in [-0.25, -0.2) is 9.59 Å². The van der Waals surface area contributed by atoms with Crippen molar-refractivity contribution in [2.24, 2.45) is 0 Å². The molecule has 0 aliphatic heterocycles. The summed E-state index contributed by atoms with van der Waals surface area (Å²) in [5.41, 5.74) is 0.835. The van der Waals surface area contributed by atoms with Crippen LogP contribution in [0.3, 0.4) is 0 Å². The Hall–Kier alpha value is -2.41. The van der Waals surface area contributed by atoms with Gasteiger partial charge in [0.05, 0.1) is 0 Å². The Morgan fingerprint density at radius 3 is 2.58 bits per heavy atom. The summed E-state index contributed by atoms with van der Waals surface area (Å²) in [6.45, 7) is 3.31. The van der Waals surface area contributed by atoms with Crippen LogP contribution >= 0.6 is 11.3 Å². The minimum Gasteiger partial charge on any atom is -0.448 e. The first-order valence-electron chi connectivity index (χ1n) is 8.76. The van der Waals surface area contributed by atoms with Crippen LogP contribution in [0.4, 0.5) is 4.79 Å². The predicted molar refractivity (Wildman–Crippen MR) is 100 cm³/mol. The highest BCUT2D eigenvalue weighted by molar-refractivity contribution is 7.21. The molecule has 1 saturated carbocycles. The van der Waals surface area contributed by atoms with Gasteiger partial charge in [-0.1, -0.05) is 31.0 Å². The molecule has 138 valence electrons. The number of urea groups is 1. The largest absolute Gasteiger partial charge is 0.448 e. The van der Waals surface area contributed by atoms with Crippen molar-refractivity contribution in [1.82, 2.24) is 10.6 Å². The molecule has 1 aliphatic carbocycles. The molecule has 1 fully saturated rings. The van der Waals surface area contributed by atoms with Gasteiger partial charge in [-0.05, 0) is 43.7 Å². The summed E-state index contributed by atoms with van der Waals surface area (Å²) in [5.74, 6) is -1.19. The minimum absolute atomic E-state index is 0.113. The van der Waals surface area contributed by atoms with Crippen molar-refractivity contribution in [3.05, 3.63) is 34.7 Å². The summed E-state index contributed by atoms with van der Waals surface area (Å²) in [6, 6.07) is 7.28. The fourth-order valence-corrected chi connectivity index (χ4v) is 4.23. The number of rotatable bonds is 4. The molecule has 1 aromatic carbocycles. The lowest BCUT2D eigenvalue weighted by atomic mass is 10.1. The van der Waals surface area contributed by atoms with E-state index in [1.165, 1.54) is 18.3 Å². The molecule has 6 nitrogen and oxygen atoms in total. The molecule has 1 aromatic heterocycles. The van der Waals surface area contributed by atoms with E-state index in [4.69, 9.17) is 4.74 Å². The Kier molecular flexibility index (Phi) is 5.56. The van der Waals surface area contributed by atoms with Crippen molar-refractivity contribution in [3.8, 4) is 0 Å². The Bertz CT molecular complexity index is 839. The third-order valence-corrected chi connectivity index (χ3v) is 5.86. The molecule has 0 spiro atoms. The first-order valence-corrected chi connectivity index (χ1v) is 9.58. The number of carbonyl (C=O) groups excluding carboxylic acids is 3. The van der Waals surface area contributed by atoms with Gasteiger partial charge in [-0.3, -0.25) is 10.1 Å². The summed E-state index contributed by atoms with van der Waals surface area (Å²) in [4.78, 5) is 36.9. The molecule has 3 amide bonds. The van der Waals surface area contributed by atoms with Crippen LogP contribution in [0.1, 0.15) is 47.8 Å². The van der Waals surface area contributed by atoms with E-state index in [2.05, 4.69) is 10.6 Å². The Morgan fingerprint density at radius 2 is 1.88 bits per heavy atom. The van der Waals surface area contributed by atoms with Crippen LogP contribution in [0.2, 0.25) is 0 Å². The molecule has 0 radical (unpaired) electrons. The minimum atomic E-state index is -1.05.